The van der Waals surface area contributed by atoms with Crippen LogP contribution in [0.4, 0.5) is 0 Å². The van der Waals surface area contributed by atoms with Gasteiger partial charge in [0.1, 0.15) is 23.9 Å². The predicted molar refractivity (Wildman–Crippen MR) is 103 cm³/mol. The second-order valence-corrected chi connectivity index (χ2v) is 6.47. The molecule has 4 rings (SSSR count). The molecule has 128 valence electrons. The lowest BCUT2D eigenvalue weighted by Gasteiger charge is -2.13. The van der Waals surface area contributed by atoms with Gasteiger partial charge in [0.15, 0.2) is 6.29 Å². The number of benzene rings is 3. The molecule has 0 atom stereocenters. The monoisotopic (exact) mass is 361 g/mol. The molecule has 0 unspecified atom stereocenters. The zero-order valence-corrected chi connectivity index (χ0v) is 14.6. The van der Waals surface area contributed by atoms with E-state index in [2.05, 4.69) is 11.1 Å². The fourth-order valence-electron chi connectivity index (χ4n) is 2.68. The van der Waals surface area contributed by atoms with Gasteiger partial charge in [-0.3, -0.25) is 4.79 Å². The van der Waals surface area contributed by atoms with Gasteiger partial charge in [-0.2, -0.15) is 0 Å². The van der Waals surface area contributed by atoms with Crippen LogP contribution in [0.1, 0.15) is 0 Å². The van der Waals surface area contributed by atoms with Gasteiger partial charge in [0.25, 0.3) is 0 Å². The number of carbonyl (C=O) groups excluding carboxylic acids is 1. The molecule has 0 bridgehead atoms. The molecule has 0 aliphatic rings. The van der Waals surface area contributed by atoms with E-state index in [1.807, 2.05) is 60.1 Å². The van der Waals surface area contributed by atoms with Crippen molar-refractivity contribution in [1.82, 2.24) is 4.98 Å². The molecule has 0 spiro atoms. The number of carbonyl (C=O) groups is 1. The topological polar surface area (TPSA) is 48.4 Å². The second kappa shape index (κ2) is 7.37. The molecule has 0 saturated carbocycles. The van der Waals surface area contributed by atoms with Crippen LogP contribution >= 0.6 is 11.3 Å². The van der Waals surface area contributed by atoms with Crippen LogP contribution in [-0.4, -0.2) is 17.9 Å². The molecular formula is C21H15NO3S. The highest BCUT2D eigenvalue weighted by molar-refractivity contribution is 7.16. The maximum atomic E-state index is 10.6. The zero-order chi connectivity index (χ0) is 17.8. The van der Waals surface area contributed by atoms with Crippen molar-refractivity contribution in [2.45, 2.75) is 0 Å². The maximum absolute atomic E-state index is 10.6. The number of para-hydroxylation sites is 1. The van der Waals surface area contributed by atoms with E-state index in [0.29, 0.717) is 5.75 Å². The lowest BCUT2D eigenvalue weighted by atomic mass is 10.0. The van der Waals surface area contributed by atoms with Crippen molar-refractivity contribution in [2.75, 3.05) is 6.61 Å². The molecular weight excluding hydrogens is 346 g/mol. The molecule has 0 amide bonds. The standard InChI is InChI=1S/C21H15NO3S/c23-10-11-24-17-7-9-20(25-16-4-2-1-3-5-16)18(13-17)15-6-8-19-21(12-15)26-14-22-19/h1-10,12-14H,11H2. The van der Waals surface area contributed by atoms with E-state index in [0.717, 1.165) is 39.1 Å². The fourth-order valence-corrected chi connectivity index (χ4v) is 3.40. The Hall–Kier alpha value is -3.18. The average Bonchev–Trinajstić information content (AvgIpc) is 3.16. The first kappa shape index (κ1) is 16.3. The fraction of sp³-hybridized carbons (Fsp3) is 0.0476. The Balaban J connectivity index is 1.78. The van der Waals surface area contributed by atoms with Gasteiger partial charge in [0.05, 0.1) is 15.7 Å². The van der Waals surface area contributed by atoms with Gasteiger partial charge in [-0.1, -0.05) is 24.3 Å². The summed E-state index contributed by atoms with van der Waals surface area (Å²) in [5.41, 5.74) is 4.70. The lowest BCUT2D eigenvalue weighted by molar-refractivity contribution is -0.109. The van der Waals surface area contributed by atoms with Gasteiger partial charge in [-0.25, -0.2) is 4.98 Å². The second-order valence-electron chi connectivity index (χ2n) is 5.59. The number of ether oxygens (including phenoxy) is 2. The summed E-state index contributed by atoms with van der Waals surface area (Å²) in [6.07, 6.45) is 0.734. The van der Waals surface area contributed by atoms with Crippen molar-refractivity contribution in [2.24, 2.45) is 0 Å². The van der Waals surface area contributed by atoms with Gasteiger partial charge in [-0.05, 0) is 48.0 Å². The Bertz CT molecular complexity index is 1040. The number of nitrogens with zero attached hydrogens (tertiary/aromatic N) is 1. The summed E-state index contributed by atoms with van der Waals surface area (Å²) in [6.45, 7) is 0.0200. The quantitative estimate of drug-likeness (QED) is 0.435. The van der Waals surface area contributed by atoms with Gasteiger partial charge in [0, 0.05) is 5.56 Å². The third-order valence-corrected chi connectivity index (χ3v) is 4.67. The molecule has 1 heterocycles. The lowest BCUT2D eigenvalue weighted by Crippen LogP contribution is -1.98. The molecule has 5 heteroatoms. The van der Waals surface area contributed by atoms with Crippen molar-refractivity contribution in [3.05, 3.63) is 72.2 Å². The molecule has 0 aliphatic carbocycles. The first-order valence-corrected chi connectivity index (χ1v) is 8.98. The van der Waals surface area contributed by atoms with E-state index in [1.165, 1.54) is 0 Å². The first-order chi connectivity index (χ1) is 12.8. The largest absolute Gasteiger partial charge is 0.486 e. The van der Waals surface area contributed by atoms with Crippen molar-refractivity contribution in [3.8, 4) is 28.4 Å². The molecule has 26 heavy (non-hydrogen) atoms. The normalized spacial score (nSPS) is 10.6. The third-order valence-electron chi connectivity index (χ3n) is 3.88. The SMILES string of the molecule is O=CCOc1ccc(Oc2ccccc2)c(-c2ccc3ncsc3c2)c1. The van der Waals surface area contributed by atoms with Crippen LogP contribution in [0.5, 0.6) is 17.2 Å². The molecule has 0 radical (unpaired) electrons. The molecule has 0 fully saturated rings. The smallest absolute Gasteiger partial charge is 0.157 e. The van der Waals surface area contributed by atoms with Gasteiger partial charge in [-0.15, -0.1) is 11.3 Å². The highest BCUT2D eigenvalue weighted by Gasteiger charge is 2.11. The minimum atomic E-state index is 0.0200. The summed E-state index contributed by atoms with van der Waals surface area (Å²) >= 11 is 1.59. The van der Waals surface area contributed by atoms with Crippen molar-refractivity contribution in [1.29, 1.82) is 0 Å². The number of thiazole rings is 1. The van der Waals surface area contributed by atoms with E-state index in [9.17, 15) is 4.79 Å². The minimum Gasteiger partial charge on any atom is -0.486 e. The Morgan fingerprint density at radius 2 is 1.85 bits per heavy atom. The van der Waals surface area contributed by atoms with Crippen LogP contribution in [0.15, 0.2) is 72.2 Å². The highest BCUT2D eigenvalue weighted by Crippen LogP contribution is 2.37. The maximum Gasteiger partial charge on any atom is 0.157 e. The van der Waals surface area contributed by atoms with E-state index in [1.54, 1.807) is 17.4 Å². The summed E-state index contributed by atoms with van der Waals surface area (Å²) in [5.74, 6) is 2.10. The Kier molecular flexibility index (Phi) is 4.62. The molecule has 4 aromatic rings. The molecule has 4 nitrogen and oxygen atoms in total. The van der Waals surface area contributed by atoms with E-state index < -0.39 is 0 Å². The third kappa shape index (κ3) is 3.43. The minimum absolute atomic E-state index is 0.0200. The van der Waals surface area contributed by atoms with Crippen molar-refractivity contribution < 1.29 is 14.3 Å². The van der Waals surface area contributed by atoms with Crippen LogP contribution in [0.25, 0.3) is 21.3 Å². The van der Waals surface area contributed by atoms with Crippen LogP contribution in [0.2, 0.25) is 0 Å². The summed E-state index contributed by atoms with van der Waals surface area (Å²) in [4.78, 5) is 14.9. The number of aromatic nitrogens is 1. The van der Waals surface area contributed by atoms with Gasteiger partial charge >= 0.3 is 0 Å². The summed E-state index contributed by atoms with van der Waals surface area (Å²) < 4.78 is 12.6. The number of hydrogen-bond acceptors (Lipinski definition) is 5. The van der Waals surface area contributed by atoms with Crippen LogP contribution in [-0.2, 0) is 4.79 Å². The zero-order valence-electron chi connectivity index (χ0n) is 13.8. The van der Waals surface area contributed by atoms with Crippen LogP contribution in [0.3, 0.4) is 0 Å². The number of hydrogen-bond donors (Lipinski definition) is 0. The Labute approximate surface area is 154 Å². The van der Waals surface area contributed by atoms with E-state index >= 15 is 0 Å². The van der Waals surface area contributed by atoms with Gasteiger partial charge < -0.3 is 9.47 Å². The Morgan fingerprint density at radius 1 is 0.962 bits per heavy atom. The Morgan fingerprint density at radius 3 is 2.69 bits per heavy atom. The van der Waals surface area contributed by atoms with E-state index in [4.69, 9.17) is 9.47 Å². The van der Waals surface area contributed by atoms with Crippen LogP contribution in [0, 0.1) is 0 Å². The van der Waals surface area contributed by atoms with E-state index in [-0.39, 0.29) is 6.61 Å². The van der Waals surface area contributed by atoms with Gasteiger partial charge in [0.2, 0.25) is 0 Å². The summed E-state index contributed by atoms with van der Waals surface area (Å²) in [7, 11) is 0. The summed E-state index contributed by atoms with van der Waals surface area (Å²) in [6, 6.07) is 21.3. The molecule has 1 aromatic heterocycles. The number of aldehydes is 1. The molecule has 3 aromatic carbocycles. The van der Waals surface area contributed by atoms with Crippen LogP contribution < -0.4 is 9.47 Å². The molecule has 0 saturated heterocycles. The number of rotatable bonds is 6. The average molecular weight is 361 g/mol. The number of fused-ring (bicyclic) bond motifs is 1. The molecule has 0 aliphatic heterocycles. The van der Waals surface area contributed by atoms with Crippen molar-refractivity contribution in [3.63, 3.8) is 0 Å². The summed E-state index contributed by atoms with van der Waals surface area (Å²) in [5, 5.41) is 0. The van der Waals surface area contributed by atoms with Crippen molar-refractivity contribution >= 4 is 27.8 Å². The molecule has 0 N–H and O–H groups in total. The first-order valence-electron chi connectivity index (χ1n) is 8.10. The predicted octanol–water partition coefficient (Wildman–Crippen LogP) is 5.33. The highest BCUT2D eigenvalue weighted by atomic mass is 32.1.